The molecular weight excluding hydrogens is 460 g/mol. The van der Waals surface area contributed by atoms with Crippen LogP contribution in [0.25, 0.3) is 0 Å². The minimum atomic E-state index is -0.407. The van der Waals surface area contributed by atoms with Crippen LogP contribution in [-0.4, -0.2) is 118 Å². The summed E-state index contributed by atoms with van der Waals surface area (Å²) in [5.41, 5.74) is 0.375. The number of carbonyl (C=O) groups is 1. The number of hydrogen-bond acceptors (Lipinski definition) is 10. The van der Waals surface area contributed by atoms with Gasteiger partial charge in [-0.3, -0.25) is 0 Å². The Balaban J connectivity index is 3.06. The molecule has 35 heavy (non-hydrogen) atoms. The molecule has 0 aromatic heterocycles. The fourth-order valence-corrected chi connectivity index (χ4v) is 2.28. The maximum absolute atomic E-state index is 11.1. The van der Waals surface area contributed by atoms with E-state index in [1.54, 1.807) is 6.92 Å². The van der Waals surface area contributed by atoms with Crippen molar-refractivity contribution in [1.29, 1.82) is 0 Å². The Kier molecular flexibility index (Phi) is 26.6. The first-order valence-corrected chi connectivity index (χ1v) is 12.5. The van der Waals surface area contributed by atoms with Gasteiger partial charge < -0.3 is 42.6 Å². The topological polar surface area (TPSA) is 100 Å². The molecule has 0 aromatic rings. The Morgan fingerprint density at radius 3 is 1.03 bits per heavy atom. The lowest BCUT2D eigenvalue weighted by atomic mass is 10.1. The number of carbonyl (C=O) groups excluding carboxylic acids is 1. The van der Waals surface area contributed by atoms with Crippen molar-refractivity contribution in [1.82, 2.24) is 0 Å². The Morgan fingerprint density at radius 2 is 0.771 bits per heavy atom. The molecule has 0 heterocycles. The maximum atomic E-state index is 11.1. The van der Waals surface area contributed by atoms with Crippen molar-refractivity contribution in [3.63, 3.8) is 0 Å². The van der Waals surface area contributed by atoms with Gasteiger partial charge in [-0.25, -0.2) is 4.79 Å². The average Bonchev–Trinajstić information content (AvgIpc) is 2.83. The van der Waals surface area contributed by atoms with Crippen molar-refractivity contribution in [3.8, 4) is 0 Å². The van der Waals surface area contributed by atoms with E-state index in [0.29, 0.717) is 111 Å². The van der Waals surface area contributed by atoms with Gasteiger partial charge in [0.15, 0.2) is 0 Å². The summed E-state index contributed by atoms with van der Waals surface area (Å²) in [4.78, 5) is 11.1. The third kappa shape index (κ3) is 29.0. The van der Waals surface area contributed by atoms with Gasteiger partial charge in [-0.05, 0) is 19.3 Å². The second kappa shape index (κ2) is 27.5. The molecule has 10 heteroatoms. The van der Waals surface area contributed by atoms with Crippen LogP contribution in [0.3, 0.4) is 0 Å². The fraction of sp³-hybridized carbons (Fsp3) is 0.880. The minimum absolute atomic E-state index is 0.207. The molecule has 0 aromatic carbocycles. The lowest BCUT2D eigenvalue weighted by molar-refractivity contribution is -0.140. The average molecular weight is 509 g/mol. The van der Waals surface area contributed by atoms with Crippen LogP contribution >= 0.6 is 0 Å². The van der Waals surface area contributed by atoms with Crippen molar-refractivity contribution in [2.45, 2.75) is 27.2 Å². The summed E-state index contributed by atoms with van der Waals surface area (Å²) in [5, 5.41) is 0. The molecule has 208 valence electrons. The first-order valence-electron chi connectivity index (χ1n) is 12.5. The third-order valence-corrected chi connectivity index (χ3v) is 4.25. The molecule has 0 unspecified atom stereocenters. The van der Waals surface area contributed by atoms with Gasteiger partial charge in [0, 0.05) is 12.2 Å². The maximum Gasteiger partial charge on any atom is 0.333 e. The highest BCUT2D eigenvalue weighted by atomic mass is 16.6. The molecule has 0 aliphatic carbocycles. The number of hydrogen-bond donors (Lipinski definition) is 0. The third-order valence-electron chi connectivity index (χ3n) is 4.25. The molecule has 0 rings (SSSR count). The lowest BCUT2D eigenvalue weighted by Gasteiger charge is -2.09. The second-order valence-electron chi connectivity index (χ2n) is 8.00. The number of esters is 1. The molecule has 0 aliphatic rings. The van der Waals surface area contributed by atoms with Gasteiger partial charge in [0.25, 0.3) is 0 Å². The highest BCUT2D eigenvalue weighted by Crippen LogP contribution is 1.98. The first-order chi connectivity index (χ1) is 17.0. The predicted octanol–water partition coefficient (Wildman–Crippen LogP) is 2.28. The zero-order valence-electron chi connectivity index (χ0n) is 22.1. The van der Waals surface area contributed by atoms with Crippen molar-refractivity contribution in [3.05, 3.63) is 12.2 Å². The van der Waals surface area contributed by atoms with E-state index in [-0.39, 0.29) is 6.61 Å². The van der Waals surface area contributed by atoms with Crippen LogP contribution < -0.4 is 0 Å². The lowest BCUT2D eigenvalue weighted by Crippen LogP contribution is -2.15. The summed E-state index contributed by atoms with van der Waals surface area (Å²) < 4.78 is 48.2. The van der Waals surface area contributed by atoms with E-state index in [2.05, 4.69) is 20.4 Å². The molecule has 0 saturated carbocycles. The zero-order valence-corrected chi connectivity index (χ0v) is 22.1. The van der Waals surface area contributed by atoms with Gasteiger partial charge in [0.2, 0.25) is 0 Å². The van der Waals surface area contributed by atoms with Crippen molar-refractivity contribution in [2.75, 3.05) is 112 Å². The summed E-state index contributed by atoms with van der Waals surface area (Å²) in [6.45, 7) is 18.1. The molecule has 0 saturated heterocycles. The highest BCUT2D eigenvalue weighted by Gasteiger charge is 2.02. The Morgan fingerprint density at radius 1 is 0.514 bits per heavy atom. The van der Waals surface area contributed by atoms with Gasteiger partial charge in [-0.15, -0.1) is 0 Å². The van der Waals surface area contributed by atoms with E-state index in [4.69, 9.17) is 42.6 Å². The predicted molar refractivity (Wildman–Crippen MR) is 132 cm³/mol. The van der Waals surface area contributed by atoms with E-state index in [1.165, 1.54) is 0 Å². The summed E-state index contributed by atoms with van der Waals surface area (Å²) >= 11 is 0. The fourth-order valence-electron chi connectivity index (χ4n) is 2.28. The van der Waals surface area contributed by atoms with E-state index >= 15 is 0 Å². The monoisotopic (exact) mass is 508 g/mol. The van der Waals surface area contributed by atoms with Gasteiger partial charge in [0.1, 0.15) is 6.61 Å². The number of ether oxygens (including phenoxy) is 9. The smallest absolute Gasteiger partial charge is 0.333 e. The summed E-state index contributed by atoms with van der Waals surface area (Å²) in [7, 11) is 0. The molecule has 0 radical (unpaired) electrons. The van der Waals surface area contributed by atoms with Crippen LogP contribution in [0.4, 0.5) is 0 Å². The Labute approximate surface area is 211 Å². The molecule has 10 nitrogen and oxygen atoms in total. The van der Waals surface area contributed by atoms with Crippen LogP contribution in [0, 0.1) is 5.92 Å². The van der Waals surface area contributed by atoms with Crippen LogP contribution in [0.15, 0.2) is 12.2 Å². The standard InChI is InChI=1S/C25H48O10/c1-23(2)5-6-27-7-8-28-9-10-29-11-12-30-13-14-31-15-16-32-17-18-33-19-20-34-21-22-35-25(26)24(3)4/h23H,3,5-22H2,1-2,4H3. The zero-order chi connectivity index (χ0) is 25.8. The van der Waals surface area contributed by atoms with Crippen LogP contribution in [-0.2, 0) is 47.4 Å². The molecule has 0 amide bonds. The normalized spacial score (nSPS) is 11.3. The number of rotatable bonds is 28. The largest absolute Gasteiger partial charge is 0.460 e. The molecule has 0 atom stereocenters. The molecule has 0 bridgehead atoms. The molecule has 0 aliphatic heterocycles. The van der Waals surface area contributed by atoms with E-state index in [1.807, 2.05) is 0 Å². The van der Waals surface area contributed by atoms with E-state index < -0.39 is 5.97 Å². The van der Waals surface area contributed by atoms with Crippen molar-refractivity contribution < 1.29 is 47.4 Å². The van der Waals surface area contributed by atoms with Gasteiger partial charge in [-0.1, -0.05) is 20.4 Å². The molecule has 0 N–H and O–H groups in total. The van der Waals surface area contributed by atoms with Crippen LogP contribution in [0.2, 0.25) is 0 Å². The Hall–Kier alpha value is -1.11. The summed E-state index contributed by atoms with van der Waals surface area (Å²) in [6, 6.07) is 0. The molecular formula is C25H48O10. The SMILES string of the molecule is C=C(C)C(=O)OCCOCCOCCOCCOCCOCCOCCOCCOCCC(C)C. The summed E-state index contributed by atoms with van der Waals surface area (Å²) in [5.74, 6) is 0.261. The summed E-state index contributed by atoms with van der Waals surface area (Å²) in [6.07, 6.45) is 1.08. The van der Waals surface area contributed by atoms with Gasteiger partial charge in [0.05, 0.1) is 99.1 Å². The van der Waals surface area contributed by atoms with Crippen LogP contribution in [0.1, 0.15) is 27.2 Å². The van der Waals surface area contributed by atoms with Gasteiger partial charge in [-0.2, -0.15) is 0 Å². The second-order valence-corrected chi connectivity index (χ2v) is 8.00. The van der Waals surface area contributed by atoms with Crippen LogP contribution in [0.5, 0.6) is 0 Å². The molecule has 0 fully saturated rings. The van der Waals surface area contributed by atoms with E-state index in [0.717, 1.165) is 13.0 Å². The first kappa shape index (κ1) is 33.9. The van der Waals surface area contributed by atoms with Crippen molar-refractivity contribution >= 4 is 5.97 Å². The van der Waals surface area contributed by atoms with Gasteiger partial charge >= 0.3 is 5.97 Å². The minimum Gasteiger partial charge on any atom is -0.460 e. The van der Waals surface area contributed by atoms with E-state index in [9.17, 15) is 4.79 Å². The quantitative estimate of drug-likeness (QED) is 0.0889. The molecule has 0 spiro atoms. The Bertz CT molecular complexity index is 473. The van der Waals surface area contributed by atoms with Crippen molar-refractivity contribution in [2.24, 2.45) is 5.92 Å². The highest BCUT2D eigenvalue weighted by molar-refractivity contribution is 5.86.